The molecule has 9 heteroatoms. The fourth-order valence-electron chi connectivity index (χ4n) is 3.90. The monoisotopic (exact) mass is 494 g/mol. The molecule has 3 aromatic carbocycles. The second kappa shape index (κ2) is 10.5. The van der Waals surface area contributed by atoms with Crippen LogP contribution in [-0.4, -0.2) is 50.1 Å². The zero-order chi connectivity index (χ0) is 24.9. The molecule has 1 aliphatic heterocycles. The fourth-order valence-corrected chi connectivity index (χ4v) is 4.03. The molecular weight excluding hydrogens is 470 g/mol. The summed E-state index contributed by atoms with van der Waals surface area (Å²) in [7, 11) is 4.67. The van der Waals surface area contributed by atoms with Crippen LogP contribution in [-0.2, 0) is 4.79 Å². The van der Waals surface area contributed by atoms with E-state index in [4.69, 9.17) is 25.8 Å². The van der Waals surface area contributed by atoms with Gasteiger partial charge in [-0.25, -0.2) is 0 Å². The lowest BCUT2D eigenvalue weighted by Gasteiger charge is -2.15. The summed E-state index contributed by atoms with van der Waals surface area (Å²) in [6.07, 6.45) is 1.78. The summed E-state index contributed by atoms with van der Waals surface area (Å²) >= 11 is 6.09. The van der Waals surface area contributed by atoms with Crippen LogP contribution >= 0.6 is 11.6 Å². The standard InChI is InChI=1S/C26H24ClN3O5/c1-33-20-11-7-18(8-12-20)25(31)28-23-24(17-5-9-19(27)10-6-17)30(29-26(23)32)15-16-4-13-21(34-2)22(14-16)35-3/h4-15,23-24H,1-3H3,(H-,28,29,31,32)/p+1/b30-15-/t23-,24+/m0/s1. The van der Waals surface area contributed by atoms with Crippen LogP contribution in [0.1, 0.15) is 27.5 Å². The molecule has 2 atom stereocenters. The van der Waals surface area contributed by atoms with Gasteiger partial charge in [0.1, 0.15) is 5.75 Å². The first kappa shape index (κ1) is 24.1. The molecule has 2 amide bonds. The summed E-state index contributed by atoms with van der Waals surface area (Å²) < 4.78 is 17.5. The van der Waals surface area contributed by atoms with E-state index in [9.17, 15) is 9.59 Å². The van der Waals surface area contributed by atoms with Crippen LogP contribution in [0.25, 0.3) is 0 Å². The van der Waals surface area contributed by atoms with Crippen molar-refractivity contribution in [3.8, 4) is 17.2 Å². The van der Waals surface area contributed by atoms with Crippen LogP contribution in [0.5, 0.6) is 17.2 Å². The quantitative estimate of drug-likeness (QED) is 0.492. The number of hydrazone groups is 1. The number of methoxy groups -OCH3 is 3. The van der Waals surface area contributed by atoms with Crippen molar-refractivity contribution in [2.24, 2.45) is 0 Å². The van der Waals surface area contributed by atoms with Gasteiger partial charge in [-0.2, -0.15) is 0 Å². The number of rotatable bonds is 7. The number of hydrazine groups is 1. The molecule has 1 heterocycles. The second-order valence-corrected chi connectivity index (χ2v) is 8.24. The summed E-state index contributed by atoms with van der Waals surface area (Å²) in [6.45, 7) is 0. The number of ether oxygens (including phenoxy) is 3. The maximum Gasteiger partial charge on any atom is 0.304 e. The number of hydrogen-bond acceptors (Lipinski definition) is 5. The van der Waals surface area contributed by atoms with Gasteiger partial charge in [0, 0.05) is 21.7 Å². The number of benzene rings is 3. The molecule has 35 heavy (non-hydrogen) atoms. The van der Waals surface area contributed by atoms with E-state index in [0.717, 1.165) is 11.1 Å². The van der Waals surface area contributed by atoms with Crippen LogP contribution in [0, 0.1) is 0 Å². The van der Waals surface area contributed by atoms with E-state index in [0.29, 0.717) is 27.8 Å². The molecule has 0 aliphatic carbocycles. The lowest BCUT2D eigenvalue weighted by molar-refractivity contribution is -0.596. The Morgan fingerprint density at radius 1 is 0.943 bits per heavy atom. The minimum absolute atomic E-state index is 0.344. The topological polar surface area (TPSA) is 88.9 Å². The van der Waals surface area contributed by atoms with Gasteiger partial charge in [-0.15, -0.1) is 10.1 Å². The Bertz CT molecular complexity index is 1260. The summed E-state index contributed by atoms with van der Waals surface area (Å²) in [5.74, 6) is 1.06. The smallest absolute Gasteiger partial charge is 0.304 e. The zero-order valence-corrected chi connectivity index (χ0v) is 20.2. The number of carbonyl (C=O) groups excluding carboxylic acids is 2. The summed E-state index contributed by atoms with van der Waals surface area (Å²) in [5, 5.41) is 3.44. The third-order valence-electron chi connectivity index (χ3n) is 5.68. The number of carbonyl (C=O) groups is 2. The van der Waals surface area contributed by atoms with Gasteiger partial charge in [-0.1, -0.05) is 23.7 Å². The van der Waals surface area contributed by atoms with Crippen molar-refractivity contribution in [3.63, 3.8) is 0 Å². The minimum Gasteiger partial charge on any atom is -0.497 e. The highest BCUT2D eigenvalue weighted by Gasteiger charge is 2.47. The maximum absolute atomic E-state index is 13.0. The van der Waals surface area contributed by atoms with Crippen molar-refractivity contribution in [3.05, 3.63) is 88.4 Å². The Morgan fingerprint density at radius 3 is 2.26 bits per heavy atom. The van der Waals surface area contributed by atoms with E-state index in [1.54, 1.807) is 80.8 Å². The second-order valence-electron chi connectivity index (χ2n) is 7.80. The van der Waals surface area contributed by atoms with Crippen molar-refractivity contribution in [2.75, 3.05) is 21.3 Å². The molecule has 180 valence electrons. The molecule has 1 fully saturated rings. The molecule has 0 radical (unpaired) electrons. The summed E-state index contributed by atoms with van der Waals surface area (Å²) in [4.78, 5) is 26.0. The first-order valence-electron chi connectivity index (χ1n) is 10.8. The van der Waals surface area contributed by atoms with Crippen molar-refractivity contribution in [1.82, 2.24) is 10.7 Å². The van der Waals surface area contributed by atoms with E-state index in [1.807, 2.05) is 18.2 Å². The highest BCUT2D eigenvalue weighted by molar-refractivity contribution is 6.30. The third kappa shape index (κ3) is 5.22. The van der Waals surface area contributed by atoms with Crippen LogP contribution in [0.2, 0.25) is 5.02 Å². The molecule has 1 saturated heterocycles. The molecule has 4 rings (SSSR count). The van der Waals surface area contributed by atoms with Gasteiger partial charge < -0.3 is 19.5 Å². The van der Waals surface area contributed by atoms with Gasteiger partial charge in [0.15, 0.2) is 17.5 Å². The molecule has 3 aromatic rings. The SMILES string of the molecule is COc1ccc(C(=O)N[C@@H]2C(=O)N/[N+](=C\c3ccc(OC)c(OC)c3)[C@@H]2c2ccc(Cl)cc2)cc1. The molecule has 1 aliphatic rings. The molecule has 0 spiro atoms. The largest absolute Gasteiger partial charge is 0.497 e. The van der Waals surface area contributed by atoms with E-state index in [-0.39, 0.29) is 11.8 Å². The van der Waals surface area contributed by atoms with E-state index in [2.05, 4.69) is 10.7 Å². The Kier molecular flexibility index (Phi) is 7.22. The van der Waals surface area contributed by atoms with Gasteiger partial charge >= 0.3 is 5.91 Å². The Morgan fingerprint density at radius 2 is 1.63 bits per heavy atom. The maximum atomic E-state index is 13.0. The Labute approximate surface area is 208 Å². The Hall–Kier alpha value is -4.04. The average molecular weight is 495 g/mol. The first-order chi connectivity index (χ1) is 16.9. The number of amides is 2. The zero-order valence-electron chi connectivity index (χ0n) is 19.4. The predicted molar refractivity (Wildman–Crippen MR) is 132 cm³/mol. The van der Waals surface area contributed by atoms with Crippen LogP contribution in [0.4, 0.5) is 0 Å². The van der Waals surface area contributed by atoms with Crippen LogP contribution in [0.15, 0.2) is 66.7 Å². The average Bonchev–Trinajstić information content (AvgIpc) is 3.18. The van der Waals surface area contributed by atoms with E-state index in [1.165, 1.54) is 0 Å². The third-order valence-corrected chi connectivity index (χ3v) is 5.94. The summed E-state index contributed by atoms with van der Waals surface area (Å²) in [6, 6.07) is 17.9. The molecule has 2 N–H and O–H groups in total. The van der Waals surface area contributed by atoms with Crippen molar-refractivity contribution in [2.45, 2.75) is 12.1 Å². The van der Waals surface area contributed by atoms with Gasteiger partial charge in [-0.3, -0.25) is 9.59 Å². The van der Waals surface area contributed by atoms with E-state index < -0.39 is 12.1 Å². The normalized spacial score (nSPS) is 18.2. The summed E-state index contributed by atoms with van der Waals surface area (Å²) in [5.41, 5.74) is 4.83. The van der Waals surface area contributed by atoms with Crippen molar-refractivity contribution < 1.29 is 28.5 Å². The van der Waals surface area contributed by atoms with Crippen LogP contribution in [0.3, 0.4) is 0 Å². The lowest BCUT2D eigenvalue weighted by atomic mass is 9.99. The van der Waals surface area contributed by atoms with Gasteiger partial charge in [-0.05, 0) is 54.6 Å². The number of halogens is 1. The van der Waals surface area contributed by atoms with Gasteiger partial charge in [0.05, 0.1) is 21.3 Å². The predicted octanol–water partition coefficient (Wildman–Crippen LogP) is 3.38. The first-order valence-corrected chi connectivity index (χ1v) is 11.2. The number of nitrogens with zero attached hydrogens (tertiary/aromatic N) is 1. The minimum atomic E-state index is -0.859. The van der Waals surface area contributed by atoms with E-state index >= 15 is 0 Å². The lowest BCUT2D eigenvalue weighted by Crippen LogP contribution is -2.42. The number of hydrogen-bond donors (Lipinski definition) is 2. The molecule has 0 unspecified atom stereocenters. The number of nitrogens with one attached hydrogen (secondary N) is 2. The molecule has 0 saturated carbocycles. The molecule has 0 bridgehead atoms. The molecule has 8 nitrogen and oxygen atoms in total. The molecular formula is C26H25ClN3O5+. The molecule has 0 aromatic heterocycles. The van der Waals surface area contributed by atoms with Gasteiger partial charge in [0.2, 0.25) is 12.3 Å². The highest BCUT2D eigenvalue weighted by atomic mass is 35.5. The fraction of sp³-hybridized carbons (Fsp3) is 0.192. The van der Waals surface area contributed by atoms with Crippen LogP contribution < -0.4 is 25.0 Å². The Balaban J connectivity index is 1.69. The van der Waals surface area contributed by atoms with Crippen molar-refractivity contribution in [1.29, 1.82) is 0 Å². The van der Waals surface area contributed by atoms with Crippen molar-refractivity contribution >= 4 is 29.6 Å². The van der Waals surface area contributed by atoms with Gasteiger partial charge in [0.25, 0.3) is 5.91 Å². The highest BCUT2D eigenvalue weighted by Crippen LogP contribution is 2.29.